The van der Waals surface area contributed by atoms with E-state index in [1.54, 1.807) is 19.9 Å². The summed E-state index contributed by atoms with van der Waals surface area (Å²) in [6.45, 7) is 4.04. The molecule has 0 aromatic heterocycles. The zero-order valence-corrected chi connectivity index (χ0v) is 10.7. The molecule has 0 atom stereocenters. The smallest absolute Gasteiger partial charge is 0.325 e. The first-order chi connectivity index (χ1) is 7.87. The van der Waals surface area contributed by atoms with E-state index in [9.17, 15) is 9.18 Å². The minimum atomic E-state index is -0.735. The normalized spacial score (nSPS) is 11.6. The Kier molecular flexibility index (Phi) is 4.23. The van der Waals surface area contributed by atoms with Crippen LogP contribution in [-0.4, -0.2) is 30.6 Å². The van der Waals surface area contributed by atoms with Crippen molar-refractivity contribution in [3.05, 3.63) is 35.6 Å². The van der Waals surface area contributed by atoms with Gasteiger partial charge < -0.3 is 4.74 Å². The van der Waals surface area contributed by atoms with E-state index in [2.05, 4.69) is 0 Å². The number of methoxy groups -OCH3 is 1. The third-order valence-corrected chi connectivity index (χ3v) is 2.95. The van der Waals surface area contributed by atoms with Gasteiger partial charge in [0.25, 0.3) is 0 Å². The molecule has 1 rings (SSSR count). The van der Waals surface area contributed by atoms with Gasteiger partial charge in [-0.05, 0) is 38.6 Å². The Morgan fingerprint density at radius 2 is 2.12 bits per heavy atom. The zero-order valence-electron chi connectivity index (χ0n) is 10.7. The molecule has 0 aliphatic heterocycles. The third kappa shape index (κ3) is 3.27. The standard InChI is InChI=1S/C13H18FNO2/c1-13(2,12(16)17-4)15(3)9-10-6-5-7-11(14)8-10/h5-8H,9H2,1-4H3. The van der Waals surface area contributed by atoms with Gasteiger partial charge in [0.15, 0.2) is 0 Å². The summed E-state index contributed by atoms with van der Waals surface area (Å²) >= 11 is 0. The van der Waals surface area contributed by atoms with Crippen molar-refractivity contribution in [2.24, 2.45) is 0 Å². The van der Waals surface area contributed by atoms with Crippen molar-refractivity contribution in [1.82, 2.24) is 4.90 Å². The number of esters is 1. The van der Waals surface area contributed by atoms with Gasteiger partial charge >= 0.3 is 5.97 Å². The molecule has 0 N–H and O–H groups in total. The third-order valence-electron chi connectivity index (χ3n) is 2.95. The van der Waals surface area contributed by atoms with Crippen LogP contribution in [0.4, 0.5) is 4.39 Å². The molecular weight excluding hydrogens is 221 g/mol. The molecule has 0 spiro atoms. The van der Waals surface area contributed by atoms with Gasteiger partial charge in [-0.3, -0.25) is 9.69 Å². The number of benzene rings is 1. The minimum absolute atomic E-state index is 0.272. The number of carbonyl (C=O) groups excluding carboxylic acids is 1. The molecule has 0 heterocycles. The summed E-state index contributed by atoms with van der Waals surface area (Å²) < 4.78 is 17.8. The van der Waals surface area contributed by atoms with Gasteiger partial charge in [-0.1, -0.05) is 12.1 Å². The molecule has 0 saturated heterocycles. The molecule has 0 fully saturated rings. The van der Waals surface area contributed by atoms with Crippen molar-refractivity contribution in [1.29, 1.82) is 0 Å². The fourth-order valence-electron chi connectivity index (χ4n) is 1.51. The molecule has 0 aliphatic carbocycles. The van der Waals surface area contributed by atoms with Crippen LogP contribution in [0.15, 0.2) is 24.3 Å². The highest BCUT2D eigenvalue weighted by Gasteiger charge is 2.33. The first-order valence-electron chi connectivity index (χ1n) is 5.42. The van der Waals surface area contributed by atoms with Crippen LogP contribution in [0.5, 0.6) is 0 Å². The number of rotatable bonds is 4. The van der Waals surface area contributed by atoms with Crippen LogP contribution in [0.25, 0.3) is 0 Å². The lowest BCUT2D eigenvalue weighted by molar-refractivity contribution is -0.152. The molecule has 0 bridgehead atoms. The Morgan fingerprint density at radius 3 is 2.65 bits per heavy atom. The second-order valence-electron chi connectivity index (χ2n) is 4.54. The van der Waals surface area contributed by atoms with Gasteiger partial charge in [0.05, 0.1) is 7.11 Å². The second kappa shape index (κ2) is 5.27. The molecule has 3 nitrogen and oxygen atoms in total. The number of halogens is 1. The molecule has 0 unspecified atom stereocenters. The zero-order chi connectivity index (χ0) is 13.1. The van der Waals surface area contributed by atoms with Crippen molar-refractivity contribution in [2.75, 3.05) is 14.2 Å². The van der Waals surface area contributed by atoms with Gasteiger partial charge in [0, 0.05) is 6.54 Å². The van der Waals surface area contributed by atoms with E-state index in [0.29, 0.717) is 6.54 Å². The maximum absolute atomic E-state index is 13.0. The number of ether oxygens (including phenoxy) is 1. The predicted octanol–water partition coefficient (Wildman–Crippen LogP) is 2.21. The van der Waals surface area contributed by atoms with Crippen molar-refractivity contribution in [2.45, 2.75) is 25.9 Å². The highest BCUT2D eigenvalue weighted by atomic mass is 19.1. The number of hydrogen-bond donors (Lipinski definition) is 0. The minimum Gasteiger partial charge on any atom is -0.468 e. The monoisotopic (exact) mass is 239 g/mol. The van der Waals surface area contributed by atoms with Gasteiger partial charge in [0.2, 0.25) is 0 Å². The highest BCUT2D eigenvalue weighted by molar-refractivity contribution is 5.79. The molecule has 94 valence electrons. The van der Waals surface area contributed by atoms with Gasteiger partial charge in [-0.15, -0.1) is 0 Å². The van der Waals surface area contributed by atoms with Crippen LogP contribution in [0.1, 0.15) is 19.4 Å². The van der Waals surface area contributed by atoms with E-state index in [4.69, 9.17) is 4.74 Å². The average molecular weight is 239 g/mol. The fourth-order valence-corrected chi connectivity index (χ4v) is 1.51. The predicted molar refractivity (Wildman–Crippen MR) is 64.0 cm³/mol. The van der Waals surface area contributed by atoms with E-state index in [1.807, 2.05) is 18.0 Å². The van der Waals surface area contributed by atoms with Crippen LogP contribution in [0.3, 0.4) is 0 Å². The Hall–Kier alpha value is -1.42. The van der Waals surface area contributed by atoms with E-state index < -0.39 is 5.54 Å². The summed E-state index contributed by atoms with van der Waals surface area (Å²) in [5, 5.41) is 0. The van der Waals surface area contributed by atoms with E-state index >= 15 is 0 Å². The van der Waals surface area contributed by atoms with Crippen molar-refractivity contribution in [3.8, 4) is 0 Å². The summed E-state index contributed by atoms with van der Waals surface area (Å²) in [6, 6.07) is 6.34. The lowest BCUT2D eigenvalue weighted by Crippen LogP contribution is -2.48. The van der Waals surface area contributed by atoms with E-state index in [1.165, 1.54) is 19.2 Å². The van der Waals surface area contributed by atoms with Crippen LogP contribution in [-0.2, 0) is 16.1 Å². The van der Waals surface area contributed by atoms with Crippen LogP contribution >= 0.6 is 0 Å². The summed E-state index contributed by atoms with van der Waals surface area (Å²) in [6.07, 6.45) is 0. The number of hydrogen-bond acceptors (Lipinski definition) is 3. The number of likely N-dealkylation sites (N-methyl/N-ethyl adjacent to an activating group) is 1. The van der Waals surface area contributed by atoms with Crippen molar-refractivity contribution >= 4 is 5.97 Å². The SMILES string of the molecule is COC(=O)C(C)(C)N(C)Cc1cccc(F)c1. The molecular formula is C13H18FNO2. The van der Waals surface area contributed by atoms with Crippen LogP contribution < -0.4 is 0 Å². The van der Waals surface area contributed by atoms with Crippen molar-refractivity contribution in [3.63, 3.8) is 0 Å². The van der Waals surface area contributed by atoms with Gasteiger partial charge in [-0.2, -0.15) is 0 Å². The first kappa shape index (κ1) is 13.6. The molecule has 0 radical (unpaired) electrons. The molecule has 1 aromatic rings. The topological polar surface area (TPSA) is 29.5 Å². The summed E-state index contributed by atoms with van der Waals surface area (Å²) in [5.41, 5.74) is 0.0885. The van der Waals surface area contributed by atoms with Crippen LogP contribution in [0.2, 0.25) is 0 Å². The largest absolute Gasteiger partial charge is 0.468 e. The highest BCUT2D eigenvalue weighted by Crippen LogP contribution is 2.17. The Balaban J connectivity index is 2.78. The number of carbonyl (C=O) groups is 1. The lowest BCUT2D eigenvalue weighted by Gasteiger charge is -2.32. The van der Waals surface area contributed by atoms with Crippen molar-refractivity contribution < 1.29 is 13.9 Å². The molecule has 0 saturated carbocycles. The molecule has 0 aliphatic rings. The van der Waals surface area contributed by atoms with E-state index in [-0.39, 0.29) is 11.8 Å². The maximum Gasteiger partial charge on any atom is 0.325 e. The van der Waals surface area contributed by atoms with Gasteiger partial charge in [0.1, 0.15) is 11.4 Å². The van der Waals surface area contributed by atoms with E-state index in [0.717, 1.165) is 5.56 Å². The summed E-state index contributed by atoms with van der Waals surface area (Å²) in [7, 11) is 3.17. The molecule has 0 amide bonds. The lowest BCUT2D eigenvalue weighted by atomic mass is 10.0. The summed E-state index contributed by atoms with van der Waals surface area (Å²) in [5.74, 6) is -0.580. The Labute approximate surface area is 101 Å². The quantitative estimate of drug-likeness (QED) is 0.754. The molecule has 17 heavy (non-hydrogen) atoms. The summed E-state index contributed by atoms with van der Waals surface area (Å²) in [4.78, 5) is 13.4. The molecule has 1 aromatic carbocycles. The van der Waals surface area contributed by atoms with Crippen LogP contribution in [0, 0.1) is 5.82 Å². The fraction of sp³-hybridized carbons (Fsp3) is 0.462. The Bertz CT molecular complexity index is 404. The Morgan fingerprint density at radius 1 is 1.47 bits per heavy atom. The molecule has 4 heteroatoms. The second-order valence-corrected chi connectivity index (χ2v) is 4.54. The maximum atomic E-state index is 13.0. The number of nitrogens with zero attached hydrogens (tertiary/aromatic N) is 1. The van der Waals surface area contributed by atoms with Gasteiger partial charge in [-0.25, -0.2) is 4.39 Å². The average Bonchev–Trinajstić information content (AvgIpc) is 2.27. The first-order valence-corrected chi connectivity index (χ1v) is 5.42.